The Morgan fingerprint density at radius 1 is 0.944 bits per heavy atom. The summed E-state index contributed by atoms with van der Waals surface area (Å²) in [6.07, 6.45) is 3.24. The zero-order chi connectivity index (χ0) is 12.4. The fourth-order valence-corrected chi connectivity index (χ4v) is 2.40. The van der Waals surface area contributed by atoms with E-state index < -0.39 is 0 Å². The van der Waals surface area contributed by atoms with Crippen LogP contribution in [0.4, 0.5) is 11.4 Å². The number of anilines is 2. The molecule has 2 aromatic carbocycles. The third-order valence-electron chi connectivity index (χ3n) is 3.22. The van der Waals surface area contributed by atoms with Gasteiger partial charge in [0.25, 0.3) is 0 Å². The summed E-state index contributed by atoms with van der Waals surface area (Å²) in [5, 5.41) is 7.26. The molecule has 0 fully saturated rings. The molecule has 0 saturated heterocycles. The molecule has 0 radical (unpaired) electrons. The number of nitrogens with zero attached hydrogens (tertiary/aromatic N) is 1. The lowest BCUT2D eigenvalue weighted by Crippen LogP contribution is -2.12. The van der Waals surface area contributed by atoms with E-state index >= 15 is 0 Å². The average molecular weight is 234 g/mol. The minimum atomic E-state index is 0.832. The first kappa shape index (κ1) is 10.8. The molecular weight excluding hydrogens is 220 g/mol. The second-order valence-electron chi connectivity index (χ2n) is 4.30. The molecular formula is C16H14N2. The van der Waals surface area contributed by atoms with E-state index in [1.54, 1.807) is 0 Å². The second kappa shape index (κ2) is 4.49. The Morgan fingerprint density at radius 2 is 1.67 bits per heavy atom. The number of benzene rings is 2. The number of allylic oxidation sites excluding steroid dienone is 1. The summed E-state index contributed by atoms with van der Waals surface area (Å²) in [6.45, 7) is 0.832. The quantitative estimate of drug-likeness (QED) is 0.784. The van der Waals surface area contributed by atoms with Gasteiger partial charge in [-0.1, -0.05) is 36.4 Å². The predicted octanol–water partition coefficient (Wildman–Crippen LogP) is 3.87. The Bertz CT molecular complexity index is 600. The van der Waals surface area contributed by atoms with E-state index in [1.165, 1.54) is 28.7 Å². The molecule has 2 heteroatoms. The van der Waals surface area contributed by atoms with Crippen LogP contribution in [0.15, 0.2) is 60.7 Å². The Kier molecular flexibility index (Phi) is 2.69. The third kappa shape index (κ3) is 1.72. The van der Waals surface area contributed by atoms with Crippen LogP contribution in [0.1, 0.15) is 5.56 Å². The molecule has 1 aliphatic heterocycles. The molecule has 0 spiro atoms. The van der Waals surface area contributed by atoms with E-state index in [0.29, 0.717) is 0 Å². The summed E-state index contributed by atoms with van der Waals surface area (Å²) >= 11 is 0. The van der Waals surface area contributed by atoms with Crippen LogP contribution in [0.3, 0.4) is 0 Å². The van der Waals surface area contributed by atoms with Gasteiger partial charge in [-0.2, -0.15) is 0 Å². The first-order chi connectivity index (χ1) is 8.90. The van der Waals surface area contributed by atoms with Crippen molar-refractivity contribution in [3.8, 4) is 0 Å². The first-order valence-electron chi connectivity index (χ1n) is 6.02. The van der Waals surface area contributed by atoms with Crippen molar-refractivity contribution < 1.29 is 0 Å². The zero-order valence-electron chi connectivity index (χ0n) is 10.0. The molecule has 0 amide bonds. The van der Waals surface area contributed by atoms with Gasteiger partial charge in [-0.05, 0) is 29.8 Å². The molecule has 1 heterocycles. The highest BCUT2D eigenvalue weighted by molar-refractivity contribution is 5.95. The molecule has 2 aromatic rings. The number of fused-ring (bicyclic) bond motifs is 1. The topological polar surface area (TPSA) is 27.1 Å². The lowest BCUT2D eigenvalue weighted by molar-refractivity contribution is 1.16. The summed E-state index contributed by atoms with van der Waals surface area (Å²) < 4.78 is 0. The van der Waals surface area contributed by atoms with Gasteiger partial charge in [0.2, 0.25) is 0 Å². The van der Waals surface area contributed by atoms with E-state index in [-0.39, 0.29) is 0 Å². The van der Waals surface area contributed by atoms with Gasteiger partial charge in [0, 0.05) is 29.7 Å². The maximum Gasteiger partial charge on any atom is 0.0491 e. The molecule has 18 heavy (non-hydrogen) atoms. The smallest absolute Gasteiger partial charge is 0.0491 e. The Hall–Kier alpha value is -2.35. The highest BCUT2D eigenvalue weighted by atomic mass is 15.2. The summed E-state index contributed by atoms with van der Waals surface area (Å²) in [7, 11) is 0. The lowest BCUT2D eigenvalue weighted by Gasteiger charge is -2.18. The lowest BCUT2D eigenvalue weighted by atomic mass is 10.1. The molecule has 0 atom stereocenters. The second-order valence-corrected chi connectivity index (χ2v) is 4.30. The van der Waals surface area contributed by atoms with Crippen LogP contribution < -0.4 is 4.90 Å². The maximum atomic E-state index is 7.26. The predicted molar refractivity (Wildman–Crippen MR) is 76.7 cm³/mol. The van der Waals surface area contributed by atoms with Gasteiger partial charge in [0.05, 0.1) is 0 Å². The number of nitrogens with one attached hydrogen (secondary N) is 1. The summed E-state index contributed by atoms with van der Waals surface area (Å²) in [6, 6.07) is 18.7. The van der Waals surface area contributed by atoms with Crippen molar-refractivity contribution in [1.29, 1.82) is 5.41 Å². The molecule has 1 aliphatic rings. The van der Waals surface area contributed by atoms with Crippen molar-refractivity contribution in [2.45, 2.75) is 0 Å². The molecule has 0 unspecified atom stereocenters. The van der Waals surface area contributed by atoms with Gasteiger partial charge in [0.15, 0.2) is 0 Å². The SMILES string of the molecule is N=C/C=C1\CN(c2ccccc2)c2ccccc21. The Morgan fingerprint density at radius 3 is 2.44 bits per heavy atom. The van der Waals surface area contributed by atoms with Crippen molar-refractivity contribution in [3.63, 3.8) is 0 Å². The van der Waals surface area contributed by atoms with Crippen molar-refractivity contribution in [2.75, 3.05) is 11.4 Å². The number of rotatable bonds is 2. The van der Waals surface area contributed by atoms with E-state index in [1.807, 2.05) is 18.2 Å². The number of hydrogen-bond acceptors (Lipinski definition) is 2. The summed E-state index contributed by atoms with van der Waals surface area (Å²) in [5.41, 5.74) is 4.84. The minimum absolute atomic E-state index is 0.832. The minimum Gasteiger partial charge on any atom is -0.336 e. The zero-order valence-corrected chi connectivity index (χ0v) is 10.0. The van der Waals surface area contributed by atoms with Gasteiger partial charge in [-0.3, -0.25) is 0 Å². The average Bonchev–Trinajstić information content (AvgIpc) is 2.80. The largest absolute Gasteiger partial charge is 0.336 e. The standard InChI is InChI=1S/C16H14N2/c17-11-10-13-12-18(14-6-2-1-3-7-14)16-9-5-4-8-15(13)16/h1-11,17H,12H2/b13-10+,17-11?. The molecule has 2 nitrogen and oxygen atoms in total. The molecule has 1 N–H and O–H groups in total. The fraction of sp³-hybridized carbons (Fsp3) is 0.0625. The van der Waals surface area contributed by atoms with Crippen LogP contribution in [0.25, 0.3) is 5.57 Å². The Labute approximate surface area is 107 Å². The van der Waals surface area contributed by atoms with Crippen molar-refractivity contribution in [3.05, 3.63) is 66.2 Å². The van der Waals surface area contributed by atoms with E-state index in [9.17, 15) is 0 Å². The molecule has 88 valence electrons. The number of para-hydroxylation sites is 2. The van der Waals surface area contributed by atoms with Crippen LogP contribution in [0, 0.1) is 5.41 Å². The van der Waals surface area contributed by atoms with Crippen molar-refractivity contribution in [1.82, 2.24) is 0 Å². The van der Waals surface area contributed by atoms with Crippen LogP contribution in [-0.2, 0) is 0 Å². The van der Waals surface area contributed by atoms with E-state index in [2.05, 4.69) is 47.4 Å². The highest BCUT2D eigenvalue weighted by Crippen LogP contribution is 2.39. The molecule has 0 aliphatic carbocycles. The van der Waals surface area contributed by atoms with E-state index in [4.69, 9.17) is 5.41 Å². The van der Waals surface area contributed by atoms with Gasteiger partial charge in [0.1, 0.15) is 0 Å². The molecule has 3 rings (SSSR count). The van der Waals surface area contributed by atoms with Gasteiger partial charge in [-0.15, -0.1) is 0 Å². The van der Waals surface area contributed by atoms with Gasteiger partial charge in [-0.25, -0.2) is 0 Å². The highest BCUT2D eigenvalue weighted by Gasteiger charge is 2.23. The van der Waals surface area contributed by atoms with Crippen molar-refractivity contribution >= 4 is 23.2 Å². The third-order valence-corrected chi connectivity index (χ3v) is 3.22. The fourth-order valence-electron chi connectivity index (χ4n) is 2.40. The normalized spacial score (nSPS) is 15.8. The van der Waals surface area contributed by atoms with Crippen LogP contribution in [-0.4, -0.2) is 12.8 Å². The molecule has 0 saturated carbocycles. The first-order valence-corrected chi connectivity index (χ1v) is 6.02. The van der Waals surface area contributed by atoms with Crippen molar-refractivity contribution in [2.24, 2.45) is 0 Å². The van der Waals surface area contributed by atoms with E-state index in [0.717, 1.165) is 6.54 Å². The monoisotopic (exact) mass is 234 g/mol. The van der Waals surface area contributed by atoms with Crippen LogP contribution in [0.2, 0.25) is 0 Å². The van der Waals surface area contributed by atoms with Crippen LogP contribution >= 0.6 is 0 Å². The van der Waals surface area contributed by atoms with Gasteiger partial charge >= 0.3 is 0 Å². The van der Waals surface area contributed by atoms with Gasteiger partial charge < -0.3 is 10.3 Å². The maximum absolute atomic E-state index is 7.26. The summed E-state index contributed by atoms with van der Waals surface area (Å²) in [4.78, 5) is 2.28. The molecule has 0 aromatic heterocycles. The molecule has 0 bridgehead atoms. The number of hydrogen-bond donors (Lipinski definition) is 1. The van der Waals surface area contributed by atoms with Crippen LogP contribution in [0.5, 0.6) is 0 Å². The Balaban J connectivity index is 2.10. The summed E-state index contributed by atoms with van der Waals surface area (Å²) in [5.74, 6) is 0.